The van der Waals surface area contributed by atoms with Crippen LogP contribution in [0.5, 0.6) is 5.75 Å². The molecular weight excluding hydrogens is 282 g/mol. The van der Waals surface area contributed by atoms with Crippen molar-refractivity contribution in [2.45, 2.75) is 13.5 Å². The molecule has 0 aliphatic carbocycles. The summed E-state index contributed by atoms with van der Waals surface area (Å²) < 4.78 is 5.16. The molecule has 1 N–H and O–H groups in total. The second-order valence-electron chi connectivity index (χ2n) is 4.74. The molecule has 0 heterocycles. The lowest BCUT2D eigenvalue weighted by atomic mass is 10.1. The van der Waals surface area contributed by atoms with E-state index in [-0.39, 0.29) is 11.3 Å². The topological polar surface area (TPSA) is 88.2 Å². The van der Waals surface area contributed by atoms with Gasteiger partial charge in [0.25, 0.3) is 5.69 Å². The molecule has 2 aromatic carbocycles. The standard InChI is InChI=1S/C16H15N3O3/c1-11-15(7-13(9-17)8-16(11)19(20)21)18-10-12-4-3-5-14(6-12)22-2/h3-8,18H,10H2,1-2H3. The van der Waals surface area contributed by atoms with E-state index in [1.54, 1.807) is 20.1 Å². The first-order valence-electron chi connectivity index (χ1n) is 6.61. The quantitative estimate of drug-likeness (QED) is 0.675. The zero-order valence-corrected chi connectivity index (χ0v) is 12.3. The maximum absolute atomic E-state index is 11.1. The number of hydrogen-bond acceptors (Lipinski definition) is 5. The van der Waals surface area contributed by atoms with E-state index in [4.69, 9.17) is 10.00 Å². The monoisotopic (exact) mass is 297 g/mol. The summed E-state index contributed by atoms with van der Waals surface area (Å²) in [7, 11) is 1.59. The molecule has 0 bridgehead atoms. The lowest BCUT2D eigenvalue weighted by Gasteiger charge is -2.11. The van der Waals surface area contributed by atoms with E-state index in [9.17, 15) is 10.1 Å². The Kier molecular flexibility index (Phi) is 4.59. The summed E-state index contributed by atoms with van der Waals surface area (Å²) >= 11 is 0. The maximum Gasteiger partial charge on any atom is 0.275 e. The second kappa shape index (κ2) is 6.59. The number of nitrogens with zero attached hydrogens (tertiary/aromatic N) is 2. The number of nitrogens with one attached hydrogen (secondary N) is 1. The summed E-state index contributed by atoms with van der Waals surface area (Å²) in [6, 6.07) is 12.4. The molecule has 0 fully saturated rings. The van der Waals surface area contributed by atoms with Gasteiger partial charge in [-0.05, 0) is 30.7 Å². The van der Waals surface area contributed by atoms with Gasteiger partial charge < -0.3 is 10.1 Å². The Hall–Kier alpha value is -3.07. The Bertz CT molecular complexity index is 751. The van der Waals surface area contributed by atoms with Gasteiger partial charge in [-0.2, -0.15) is 5.26 Å². The Morgan fingerprint density at radius 1 is 1.36 bits per heavy atom. The Morgan fingerprint density at radius 3 is 2.77 bits per heavy atom. The third-order valence-corrected chi connectivity index (χ3v) is 3.32. The Balaban J connectivity index is 2.27. The van der Waals surface area contributed by atoms with E-state index in [0.29, 0.717) is 17.8 Å². The number of nitriles is 1. The van der Waals surface area contributed by atoms with Gasteiger partial charge in [0.15, 0.2) is 0 Å². The molecule has 0 aromatic heterocycles. The van der Waals surface area contributed by atoms with Crippen molar-refractivity contribution in [3.05, 3.63) is 63.2 Å². The summed E-state index contributed by atoms with van der Waals surface area (Å²) in [5.74, 6) is 0.743. The van der Waals surface area contributed by atoms with Crippen molar-refractivity contribution >= 4 is 11.4 Å². The molecule has 0 unspecified atom stereocenters. The lowest BCUT2D eigenvalue weighted by Crippen LogP contribution is -2.04. The van der Waals surface area contributed by atoms with Crippen LogP contribution in [0.15, 0.2) is 36.4 Å². The second-order valence-corrected chi connectivity index (χ2v) is 4.74. The molecule has 0 amide bonds. The van der Waals surface area contributed by atoms with Crippen LogP contribution >= 0.6 is 0 Å². The van der Waals surface area contributed by atoms with Gasteiger partial charge in [-0.15, -0.1) is 0 Å². The summed E-state index contributed by atoms with van der Waals surface area (Å²) in [5, 5.41) is 23.2. The first kappa shape index (κ1) is 15.3. The van der Waals surface area contributed by atoms with Crippen molar-refractivity contribution in [1.82, 2.24) is 0 Å². The molecular formula is C16H15N3O3. The zero-order chi connectivity index (χ0) is 16.1. The van der Waals surface area contributed by atoms with Gasteiger partial charge in [0.2, 0.25) is 0 Å². The van der Waals surface area contributed by atoms with Crippen LogP contribution in [0.4, 0.5) is 11.4 Å². The van der Waals surface area contributed by atoms with Crippen molar-refractivity contribution < 1.29 is 9.66 Å². The molecule has 0 atom stereocenters. The van der Waals surface area contributed by atoms with E-state index in [0.717, 1.165) is 11.3 Å². The summed E-state index contributed by atoms with van der Waals surface area (Å²) in [6.45, 7) is 2.14. The van der Waals surface area contributed by atoms with E-state index in [1.165, 1.54) is 6.07 Å². The van der Waals surface area contributed by atoms with Gasteiger partial charge in [-0.1, -0.05) is 12.1 Å². The minimum absolute atomic E-state index is 0.0628. The molecule has 0 spiro atoms. The summed E-state index contributed by atoms with van der Waals surface area (Å²) in [5.41, 5.74) is 2.25. The van der Waals surface area contributed by atoms with Crippen molar-refractivity contribution in [2.75, 3.05) is 12.4 Å². The summed E-state index contributed by atoms with van der Waals surface area (Å²) in [4.78, 5) is 10.6. The first-order chi connectivity index (χ1) is 10.5. The molecule has 112 valence electrons. The lowest BCUT2D eigenvalue weighted by molar-refractivity contribution is -0.385. The highest BCUT2D eigenvalue weighted by molar-refractivity contribution is 5.64. The molecule has 0 saturated heterocycles. The number of nitro groups is 1. The van der Waals surface area contributed by atoms with E-state index >= 15 is 0 Å². The van der Waals surface area contributed by atoms with Gasteiger partial charge in [-0.3, -0.25) is 10.1 Å². The molecule has 0 saturated carbocycles. The highest BCUT2D eigenvalue weighted by Gasteiger charge is 2.16. The molecule has 22 heavy (non-hydrogen) atoms. The SMILES string of the molecule is COc1cccc(CNc2cc(C#N)cc([N+](=O)[O-])c2C)c1. The van der Waals surface area contributed by atoms with Gasteiger partial charge in [-0.25, -0.2) is 0 Å². The third kappa shape index (κ3) is 3.33. The van der Waals surface area contributed by atoms with Crippen LogP contribution in [-0.2, 0) is 6.54 Å². The molecule has 2 aromatic rings. The average molecular weight is 297 g/mol. The van der Waals surface area contributed by atoms with E-state index in [1.807, 2.05) is 30.3 Å². The van der Waals surface area contributed by atoms with Gasteiger partial charge in [0.05, 0.1) is 23.7 Å². The molecule has 2 rings (SSSR count). The predicted molar refractivity (Wildman–Crippen MR) is 82.9 cm³/mol. The van der Waals surface area contributed by atoms with Crippen LogP contribution in [0.1, 0.15) is 16.7 Å². The van der Waals surface area contributed by atoms with Crippen LogP contribution < -0.4 is 10.1 Å². The van der Waals surface area contributed by atoms with Gasteiger partial charge in [0.1, 0.15) is 5.75 Å². The molecule has 6 heteroatoms. The number of methoxy groups -OCH3 is 1. The largest absolute Gasteiger partial charge is 0.497 e. The fraction of sp³-hybridized carbons (Fsp3) is 0.188. The fourth-order valence-corrected chi connectivity index (χ4v) is 2.12. The number of anilines is 1. The van der Waals surface area contributed by atoms with Crippen LogP contribution in [0.2, 0.25) is 0 Å². The number of nitro benzene ring substituents is 1. The first-order valence-corrected chi connectivity index (χ1v) is 6.61. The fourth-order valence-electron chi connectivity index (χ4n) is 2.12. The molecule has 6 nitrogen and oxygen atoms in total. The minimum Gasteiger partial charge on any atom is -0.497 e. The van der Waals surface area contributed by atoms with E-state index < -0.39 is 4.92 Å². The van der Waals surface area contributed by atoms with Crippen molar-refractivity contribution in [1.29, 1.82) is 5.26 Å². The van der Waals surface area contributed by atoms with Crippen LogP contribution in [0, 0.1) is 28.4 Å². The molecule has 0 aliphatic heterocycles. The van der Waals surface area contributed by atoms with Crippen LogP contribution in [0.25, 0.3) is 0 Å². The number of hydrogen-bond donors (Lipinski definition) is 1. The number of benzene rings is 2. The average Bonchev–Trinajstić information content (AvgIpc) is 2.53. The van der Waals surface area contributed by atoms with E-state index in [2.05, 4.69) is 5.32 Å². The van der Waals surface area contributed by atoms with Crippen LogP contribution in [-0.4, -0.2) is 12.0 Å². The van der Waals surface area contributed by atoms with Crippen molar-refractivity contribution in [3.63, 3.8) is 0 Å². The van der Waals surface area contributed by atoms with Crippen molar-refractivity contribution in [3.8, 4) is 11.8 Å². The molecule has 0 radical (unpaired) electrons. The van der Waals surface area contributed by atoms with Gasteiger partial charge >= 0.3 is 0 Å². The summed E-state index contributed by atoms with van der Waals surface area (Å²) in [6.07, 6.45) is 0. The minimum atomic E-state index is -0.479. The highest BCUT2D eigenvalue weighted by Crippen LogP contribution is 2.28. The maximum atomic E-state index is 11.1. The Labute approximate surface area is 128 Å². The third-order valence-electron chi connectivity index (χ3n) is 3.32. The smallest absolute Gasteiger partial charge is 0.275 e. The van der Waals surface area contributed by atoms with Crippen LogP contribution in [0.3, 0.4) is 0 Å². The normalized spacial score (nSPS) is 9.86. The highest BCUT2D eigenvalue weighted by atomic mass is 16.6. The number of ether oxygens (including phenoxy) is 1. The van der Waals surface area contributed by atoms with Gasteiger partial charge in [0, 0.05) is 23.9 Å². The zero-order valence-electron chi connectivity index (χ0n) is 12.3. The van der Waals surface area contributed by atoms with Crippen molar-refractivity contribution in [2.24, 2.45) is 0 Å². The Morgan fingerprint density at radius 2 is 2.14 bits per heavy atom. The number of rotatable bonds is 5. The molecule has 0 aliphatic rings. The predicted octanol–water partition coefficient (Wildman–Crippen LogP) is 3.40.